The topological polar surface area (TPSA) is 61.4 Å². The summed E-state index contributed by atoms with van der Waals surface area (Å²) in [5.41, 5.74) is 2.51. The fourth-order valence-electron chi connectivity index (χ4n) is 2.92. The van der Waals surface area contributed by atoms with Gasteiger partial charge >= 0.3 is 0 Å². The molecule has 5 heteroatoms. The van der Waals surface area contributed by atoms with Gasteiger partial charge in [0.25, 0.3) is 5.91 Å². The summed E-state index contributed by atoms with van der Waals surface area (Å²) in [6.07, 6.45) is 2.72. The van der Waals surface area contributed by atoms with Gasteiger partial charge in [-0.05, 0) is 56.6 Å². The zero-order valence-corrected chi connectivity index (χ0v) is 15.9. The highest BCUT2D eigenvalue weighted by Gasteiger charge is 2.23. The Morgan fingerprint density at radius 2 is 1.85 bits per heavy atom. The fourth-order valence-corrected chi connectivity index (χ4v) is 2.92. The minimum atomic E-state index is -0.120. The third kappa shape index (κ3) is 5.66. The maximum atomic E-state index is 12.3. The van der Waals surface area contributed by atoms with Crippen LogP contribution in [-0.2, 0) is 4.79 Å². The number of benzene rings is 2. The van der Waals surface area contributed by atoms with Crippen molar-refractivity contribution in [3.05, 3.63) is 65.7 Å². The van der Waals surface area contributed by atoms with Gasteiger partial charge in [-0.1, -0.05) is 30.3 Å². The van der Waals surface area contributed by atoms with Crippen molar-refractivity contribution in [2.45, 2.75) is 38.3 Å². The number of amides is 2. The van der Waals surface area contributed by atoms with E-state index in [4.69, 9.17) is 0 Å². The first-order chi connectivity index (χ1) is 13.0. The Labute approximate surface area is 160 Å². The number of hydrogen-bond donors (Lipinski definition) is 2. The highest BCUT2D eigenvalue weighted by molar-refractivity contribution is 6.04. The summed E-state index contributed by atoms with van der Waals surface area (Å²) in [4.78, 5) is 26.4. The second-order valence-electron chi connectivity index (χ2n) is 7.19. The van der Waals surface area contributed by atoms with Crippen molar-refractivity contribution in [2.24, 2.45) is 0 Å². The second kappa shape index (κ2) is 8.82. The first kappa shape index (κ1) is 19.1. The lowest BCUT2D eigenvalue weighted by atomic mass is 10.1. The van der Waals surface area contributed by atoms with Crippen LogP contribution in [0.15, 0.2) is 54.6 Å². The van der Waals surface area contributed by atoms with E-state index in [-0.39, 0.29) is 17.9 Å². The summed E-state index contributed by atoms with van der Waals surface area (Å²) in [5.74, 6) is 0.00549. The largest absolute Gasteiger partial charge is 0.353 e. The minimum Gasteiger partial charge on any atom is -0.353 e. The molecular formula is C22H27N3O2. The summed E-state index contributed by atoms with van der Waals surface area (Å²) < 4.78 is 0. The molecule has 2 N–H and O–H groups in total. The smallest absolute Gasteiger partial charge is 0.255 e. The van der Waals surface area contributed by atoms with Crippen LogP contribution in [0.5, 0.6) is 0 Å². The molecule has 27 heavy (non-hydrogen) atoms. The molecule has 0 bridgehead atoms. The maximum Gasteiger partial charge on any atom is 0.255 e. The lowest BCUT2D eigenvalue weighted by Gasteiger charge is -2.25. The van der Waals surface area contributed by atoms with Gasteiger partial charge in [0.1, 0.15) is 0 Å². The molecule has 2 aromatic rings. The van der Waals surface area contributed by atoms with Crippen LogP contribution in [0.4, 0.5) is 5.69 Å². The number of hydrogen-bond acceptors (Lipinski definition) is 3. The Kier molecular flexibility index (Phi) is 6.24. The number of nitrogens with zero attached hydrogens (tertiary/aromatic N) is 1. The molecule has 2 aromatic carbocycles. The van der Waals surface area contributed by atoms with Crippen LogP contribution in [0.1, 0.15) is 48.1 Å². The molecule has 0 radical (unpaired) electrons. The molecule has 0 heterocycles. The molecule has 3 rings (SSSR count). The van der Waals surface area contributed by atoms with Crippen molar-refractivity contribution in [1.82, 2.24) is 10.2 Å². The average molecular weight is 365 g/mol. The van der Waals surface area contributed by atoms with Crippen LogP contribution in [0.3, 0.4) is 0 Å². The summed E-state index contributed by atoms with van der Waals surface area (Å²) in [6, 6.07) is 17.6. The summed E-state index contributed by atoms with van der Waals surface area (Å²) in [5, 5.41) is 5.97. The van der Waals surface area contributed by atoms with Crippen LogP contribution in [0.25, 0.3) is 0 Å². The normalized spacial score (nSPS) is 14.6. The van der Waals surface area contributed by atoms with Gasteiger partial charge in [-0.3, -0.25) is 14.5 Å². The van der Waals surface area contributed by atoms with E-state index in [9.17, 15) is 9.59 Å². The standard InChI is InChI=1S/C22H27N3O2/c1-16(25(2)14-13-21(26)23-19-11-12-19)18-9-6-10-20(15-18)24-22(27)17-7-4-3-5-8-17/h3-10,15-16,19H,11-14H2,1-2H3,(H,23,26)(H,24,27). The molecule has 0 aromatic heterocycles. The van der Waals surface area contributed by atoms with Crippen molar-refractivity contribution in [3.8, 4) is 0 Å². The molecule has 1 aliphatic carbocycles. The summed E-state index contributed by atoms with van der Waals surface area (Å²) >= 11 is 0. The van der Waals surface area contributed by atoms with Gasteiger partial charge in [0.15, 0.2) is 0 Å². The quantitative estimate of drug-likeness (QED) is 0.751. The summed E-state index contributed by atoms with van der Waals surface area (Å²) in [7, 11) is 2.02. The Morgan fingerprint density at radius 1 is 1.11 bits per heavy atom. The average Bonchev–Trinajstić information content (AvgIpc) is 3.50. The van der Waals surface area contributed by atoms with Gasteiger partial charge in [-0.15, -0.1) is 0 Å². The van der Waals surface area contributed by atoms with Gasteiger partial charge in [-0.25, -0.2) is 0 Å². The lowest BCUT2D eigenvalue weighted by Crippen LogP contribution is -2.31. The second-order valence-corrected chi connectivity index (χ2v) is 7.19. The third-order valence-corrected chi connectivity index (χ3v) is 4.96. The van der Waals surface area contributed by atoms with E-state index < -0.39 is 0 Å². The van der Waals surface area contributed by atoms with Crippen LogP contribution in [-0.4, -0.2) is 36.3 Å². The zero-order chi connectivity index (χ0) is 19.2. The Morgan fingerprint density at radius 3 is 2.56 bits per heavy atom. The molecule has 142 valence electrons. The van der Waals surface area contributed by atoms with Crippen molar-refractivity contribution in [3.63, 3.8) is 0 Å². The van der Waals surface area contributed by atoms with Crippen molar-refractivity contribution in [2.75, 3.05) is 18.9 Å². The van der Waals surface area contributed by atoms with Crippen LogP contribution >= 0.6 is 0 Å². The zero-order valence-electron chi connectivity index (χ0n) is 15.9. The number of carbonyl (C=O) groups is 2. The van der Waals surface area contributed by atoms with Crippen LogP contribution < -0.4 is 10.6 Å². The van der Waals surface area contributed by atoms with Crippen molar-refractivity contribution < 1.29 is 9.59 Å². The highest BCUT2D eigenvalue weighted by Crippen LogP contribution is 2.23. The van der Waals surface area contributed by atoms with E-state index >= 15 is 0 Å². The molecule has 1 aliphatic rings. The minimum absolute atomic E-state index is 0.120. The first-order valence-corrected chi connectivity index (χ1v) is 9.49. The lowest BCUT2D eigenvalue weighted by molar-refractivity contribution is -0.121. The SMILES string of the molecule is CC(c1cccc(NC(=O)c2ccccc2)c1)N(C)CCC(=O)NC1CC1. The monoisotopic (exact) mass is 365 g/mol. The molecule has 0 saturated heterocycles. The molecule has 1 atom stereocenters. The highest BCUT2D eigenvalue weighted by atomic mass is 16.2. The van der Waals surface area contributed by atoms with E-state index in [2.05, 4.69) is 22.5 Å². The predicted molar refractivity (Wildman–Crippen MR) is 108 cm³/mol. The Bertz CT molecular complexity index is 787. The van der Waals surface area contributed by atoms with Gasteiger partial charge < -0.3 is 10.6 Å². The predicted octanol–water partition coefficient (Wildman–Crippen LogP) is 3.60. The van der Waals surface area contributed by atoms with Gasteiger partial charge in [-0.2, -0.15) is 0 Å². The van der Waals surface area contributed by atoms with Crippen LogP contribution in [0.2, 0.25) is 0 Å². The number of nitrogens with one attached hydrogen (secondary N) is 2. The number of anilines is 1. The van der Waals surface area contributed by atoms with E-state index in [1.807, 2.05) is 49.5 Å². The molecule has 0 aliphatic heterocycles. The van der Waals surface area contributed by atoms with E-state index in [1.165, 1.54) is 0 Å². The molecule has 1 saturated carbocycles. The molecule has 2 amide bonds. The maximum absolute atomic E-state index is 12.3. The van der Waals surface area contributed by atoms with Gasteiger partial charge in [0.05, 0.1) is 0 Å². The molecule has 1 fully saturated rings. The number of rotatable bonds is 8. The van der Waals surface area contributed by atoms with Crippen molar-refractivity contribution in [1.29, 1.82) is 0 Å². The molecular weight excluding hydrogens is 338 g/mol. The molecule has 1 unspecified atom stereocenters. The third-order valence-electron chi connectivity index (χ3n) is 4.96. The Hall–Kier alpha value is -2.66. The van der Waals surface area contributed by atoms with Gasteiger partial charge in [0.2, 0.25) is 5.91 Å². The van der Waals surface area contributed by atoms with E-state index in [0.717, 1.165) is 24.1 Å². The first-order valence-electron chi connectivity index (χ1n) is 9.49. The summed E-state index contributed by atoms with van der Waals surface area (Å²) in [6.45, 7) is 2.80. The van der Waals surface area contributed by atoms with E-state index in [0.29, 0.717) is 24.6 Å². The molecule has 0 spiro atoms. The fraction of sp³-hybridized carbons (Fsp3) is 0.364. The van der Waals surface area contributed by atoms with Crippen LogP contribution in [0, 0.1) is 0 Å². The van der Waals surface area contributed by atoms with Crippen molar-refractivity contribution >= 4 is 17.5 Å². The van der Waals surface area contributed by atoms with E-state index in [1.54, 1.807) is 12.1 Å². The number of carbonyl (C=O) groups excluding carboxylic acids is 2. The Balaban J connectivity index is 1.56. The molecule has 5 nitrogen and oxygen atoms in total. The van der Waals surface area contributed by atoms with Gasteiger partial charge in [0, 0.05) is 36.3 Å².